The number of hydrogen-bond donors (Lipinski definition) is 2. The number of nitrogens with zero attached hydrogens (tertiary/aromatic N) is 2. The van der Waals surface area contributed by atoms with E-state index >= 15 is 0 Å². The van der Waals surface area contributed by atoms with E-state index in [1.54, 1.807) is 0 Å². The molecule has 0 amide bonds. The molecule has 0 bridgehead atoms. The summed E-state index contributed by atoms with van der Waals surface area (Å²) in [6.07, 6.45) is 2.06. The van der Waals surface area contributed by atoms with Crippen LogP contribution in [0, 0.1) is 6.92 Å². The van der Waals surface area contributed by atoms with Crippen LogP contribution < -0.4 is 10.6 Å². The summed E-state index contributed by atoms with van der Waals surface area (Å²) in [5, 5.41) is 11.1. The van der Waals surface area contributed by atoms with Crippen molar-refractivity contribution < 1.29 is 0 Å². The number of nitrogens with one attached hydrogen (secondary N) is 2. The van der Waals surface area contributed by atoms with Gasteiger partial charge >= 0.3 is 0 Å². The van der Waals surface area contributed by atoms with Crippen LogP contribution in [0.5, 0.6) is 0 Å². The molecule has 1 unspecified atom stereocenters. The molecule has 1 aromatic rings. The first kappa shape index (κ1) is 12.0. The van der Waals surface area contributed by atoms with Crippen molar-refractivity contribution in [3.8, 4) is 0 Å². The van der Waals surface area contributed by atoms with Crippen molar-refractivity contribution in [3.05, 3.63) is 17.5 Å². The summed E-state index contributed by atoms with van der Waals surface area (Å²) in [7, 11) is 1.81. The molecule has 0 aliphatic carbocycles. The third-order valence-corrected chi connectivity index (χ3v) is 2.67. The molecule has 0 aliphatic rings. The smallest absolute Gasteiger partial charge is 0.166 e. The predicted octanol–water partition coefficient (Wildman–Crippen LogP) is 1.37. The molecule has 84 valence electrons. The first-order chi connectivity index (χ1) is 7.08. The van der Waals surface area contributed by atoms with Crippen molar-refractivity contribution in [2.45, 2.75) is 33.4 Å². The molecule has 0 aliphatic heterocycles. The summed E-state index contributed by atoms with van der Waals surface area (Å²) < 4.78 is 1.94. The van der Waals surface area contributed by atoms with Gasteiger partial charge in [0.25, 0.3) is 0 Å². The minimum atomic E-state index is 0.185. The zero-order chi connectivity index (χ0) is 11.4. The lowest BCUT2D eigenvalue weighted by molar-refractivity contribution is 0.651. The van der Waals surface area contributed by atoms with Crippen LogP contribution in [0.3, 0.4) is 0 Å². The molecule has 1 rings (SSSR count). The highest BCUT2D eigenvalue weighted by molar-refractivity contribution is 7.80. The van der Waals surface area contributed by atoms with Gasteiger partial charge in [0.2, 0.25) is 0 Å². The molecule has 1 atom stereocenters. The van der Waals surface area contributed by atoms with Crippen LogP contribution in [-0.2, 0) is 6.54 Å². The van der Waals surface area contributed by atoms with E-state index in [0.717, 1.165) is 12.2 Å². The molecule has 5 heteroatoms. The van der Waals surface area contributed by atoms with Crippen molar-refractivity contribution in [1.29, 1.82) is 0 Å². The van der Waals surface area contributed by atoms with Crippen molar-refractivity contribution in [2.24, 2.45) is 0 Å². The summed E-state index contributed by atoms with van der Waals surface area (Å²) in [6.45, 7) is 7.06. The van der Waals surface area contributed by atoms with Gasteiger partial charge in [0, 0.05) is 25.4 Å². The quantitative estimate of drug-likeness (QED) is 0.764. The lowest BCUT2D eigenvalue weighted by Gasteiger charge is -2.14. The monoisotopic (exact) mass is 226 g/mol. The molecule has 1 heterocycles. The molecule has 0 radical (unpaired) electrons. The Morgan fingerprint density at radius 3 is 2.80 bits per heavy atom. The van der Waals surface area contributed by atoms with E-state index in [9.17, 15) is 0 Å². The molecular formula is C10H18N4S. The summed E-state index contributed by atoms with van der Waals surface area (Å²) in [5.41, 5.74) is 2.24. The van der Waals surface area contributed by atoms with Crippen LogP contribution in [0.1, 0.15) is 31.1 Å². The maximum Gasteiger partial charge on any atom is 0.166 e. The molecule has 0 saturated heterocycles. The summed E-state index contributed by atoms with van der Waals surface area (Å²) in [4.78, 5) is 0. The second-order valence-corrected chi connectivity index (χ2v) is 3.88. The molecule has 1 aromatic heterocycles. The Balaban J connectivity index is 2.76. The van der Waals surface area contributed by atoms with Crippen LogP contribution in [0.25, 0.3) is 0 Å². The first-order valence-electron chi connectivity index (χ1n) is 5.10. The third kappa shape index (κ3) is 2.92. The van der Waals surface area contributed by atoms with Gasteiger partial charge in [0.1, 0.15) is 0 Å². The summed E-state index contributed by atoms with van der Waals surface area (Å²) in [5.74, 6) is 0. The van der Waals surface area contributed by atoms with E-state index < -0.39 is 0 Å². The minimum absolute atomic E-state index is 0.185. The Bertz CT molecular complexity index is 345. The number of hydrogen-bond acceptors (Lipinski definition) is 2. The molecule has 0 saturated carbocycles. The van der Waals surface area contributed by atoms with Crippen molar-refractivity contribution >= 4 is 17.3 Å². The number of aromatic nitrogens is 2. The Morgan fingerprint density at radius 2 is 2.33 bits per heavy atom. The minimum Gasteiger partial charge on any atom is -0.366 e. The average molecular weight is 226 g/mol. The average Bonchev–Trinajstić information content (AvgIpc) is 2.59. The number of rotatable bonds is 3. The fourth-order valence-electron chi connectivity index (χ4n) is 1.47. The summed E-state index contributed by atoms with van der Waals surface area (Å²) in [6, 6.07) is 0.185. The molecule has 15 heavy (non-hydrogen) atoms. The second-order valence-electron chi connectivity index (χ2n) is 3.47. The van der Waals surface area contributed by atoms with Gasteiger partial charge in [-0.05, 0) is 33.0 Å². The largest absolute Gasteiger partial charge is 0.366 e. The summed E-state index contributed by atoms with van der Waals surface area (Å²) >= 11 is 5.06. The molecule has 4 nitrogen and oxygen atoms in total. The fourth-order valence-corrected chi connectivity index (χ4v) is 1.64. The van der Waals surface area contributed by atoms with E-state index in [1.165, 1.54) is 5.56 Å². The van der Waals surface area contributed by atoms with Gasteiger partial charge < -0.3 is 10.6 Å². The Labute approximate surface area is 96.1 Å². The van der Waals surface area contributed by atoms with Crippen LogP contribution >= 0.6 is 12.2 Å². The number of thiocarbonyl (C=S) groups is 1. The standard InChI is InChI=1S/C10H18N4S/c1-5-14-6-9(8(3)13-14)7(2)12-10(15)11-4/h6-7H,5H2,1-4H3,(H2,11,12,15). The Kier molecular flexibility index (Phi) is 4.08. The zero-order valence-electron chi connectivity index (χ0n) is 9.66. The van der Waals surface area contributed by atoms with Crippen molar-refractivity contribution in [2.75, 3.05) is 7.05 Å². The molecule has 0 fully saturated rings. The highest BCUT2D eigenvalue weighted by Gasteiger charge is 2.12. The first-order valence-corrected chi connectivity index (χ1v) is 5.51. The maximum absolute atomic E-state index is 5.06. The van der Waals surface area contributed by atoms with E-state index in [4.69, 9.17) is 12.2 Å². The van der Waals surface area contributed by atoms with Crippen LogP contribution in [0.2, 0.25) is 0 Å². The maximum atomic E-state index is 5.06. The zero-order valence-corrected chi connectivity index (χ0v) is 10.5. The SMILES string of the molecule is CCn1cc(C(C)NC(=S)NC)c(C)n1. The molecule has 2 N–H and O–H groups in total. The molecule has 0 spiro atoms. The topological polar surface area (TPSA) is 41.9 Å². The van der Waals surface area contributed by atoms with E-state index in [1.807, 2.05) is 18.7 Å². The lowest BCUT2D eigenvalue weighted by Crippen LogP contribution is -2.34. The normalized spacial score (nSPS) is 12.3. The van der Waals surface area contributed by atoms with Gasteiger partial charge in [-0.15, -0.1) is 0 Å². The number of aryl methyl sites for hydroxylation is 2. The highest BCUT2D eigenvalue weighted by atomic mass is 32.1. The Morgan fingerprint density at radius 1 is 1.67 bits per heavy atom. The van der Waals surface area contributed by atoms with Gasteiger partial charge in [-0.2, -0.15) is 5.10 Å². The van der Waals surface area contributed by atoms with E-state index in [0.29, 0.717) is 5.11 Å². The Hall–Kier alpha value is -1.10. The van der Waals surface area contributed by atoms with Gasteiger partial charge in [-0.25, -0.2) is 0 Å². The second kappa shape index (κ2) is 5.11. The van der Waals surface area contributed by atoms with Crippen LogP contribution in [0.4, 0.5) is 0 Å². The van der Waals surface area contributed by atoms with Gasteiger partial charge in [0.15, 0.2) is 5.11 Å². The van der Waals surface area contributed by atoms with Gasteiger partial charge in [-0.3, -0.25) is 4.68 Å². The highest BCUT2D eigenvalue weighted by Crippen LogP contribution is 2.15. The lowest BCUT2D eigenvalue weighted by atomic mass is 10.1. The third-order valence-electron chi connectivity index (χ3n) is 2.35. The van der Waals surface area contributed by atoms with Crippen LogP contribution in [0.15, 0.2) is 6.20 Å². The van der Waals surface area contributed by atoms with Crippen molar-refractivity contribution in [3.63, 3.8) is 0 Å². The fraction of sp³-hybridized carbons (Fsp3) is 0.600. The van der Waals surface area contributed by atoms with E-state index in [2.05, 4.69) is 35.8 Å². The van der Waals surface area contributed by atoms with Gasteiger partial charge in [0.05, 0.1) is 11.7 Å². The predicted molar refractivity (Wildman–Crippen MR) is 65.8 cm³/mol. The van der Waals surface area contributed by atoms with E-state index in [-0.39, 0.29) is 6.04 Å². The van der Waals surface area contributed by atoms with Crippen LogP contribution in [-0.4, -0.2) is 21.9 Å². The molecule has 0 aromatic carbocycles. The van der Waals surface area contributed by atoms with Crippen molar-refractivity contribution in [1.82, 2.24) is 20.4 Å². The molecular weight excluding hydrogens is 208 g/mol. The van der Waals surface area contributed by atoms with Gasteiger partial charge in [-0.1, -0.05) is 0 Å².